The predicted molar refractivity (Wildman–Crippen MR) is 122 cm³/mol. The van der Waals surface area contributed by atoms with E-state index in [1.165, 1.54) is 36.3 Å². The van der Waals surface area contributed by atoms with E-state index in [1.54, 1.807) is 0 Å². The molecule has 202 valence electrons. The molecule has 0 aliphatic rings. The minimum Gasteiger partial charge on any atom is -0.382 e. The van der Waals surface area contributed by atoms with Crippen molar-refractivity contribution in [1.29, 1.82) is 0 Å². The van der Waals surface area contributed by atoms with Gasteiger partial charge in [-0.3, -0.25) is 9.78 Å². The van der Waals surface area contributed by atoms with Crippen LogP contribution in [0, 0.1) is 6.92 Å². The van der Waals surface area contributed by atoms with Crippen molar-refractivity contribution in [1.82, 2.24) is 29.1 Å². The van der Waals surface area contributed by atoms with Crippen molar-refractivity contribution in [2.75, 3.05) is 11.1 Å². The van der Waals surface area contributed by atoms with Crippen molar-refractivity contribution >= 4 is 23.1 Å². The molecular formula is C22H20F6N8O2. The molecule has 0 saturated heterocycles. The van der Waals surface area contributed by atoms with E-state index in [0.29, 0.717) is 6.92 Å². The van der Waals surface area contributed by atoms with Crippen LogP contribution in [-0.2, 0) is 12.7 Å². The van der Waals surface area contributed by atoms with Gasteiger partial charge in [-0.25, -0.2) is 14.5 Å². The zero-order valence-corrected chi connectivity index (χ0v) is 19.8. The minimum atomic E-state index is -4.82. The molecule has 0 aliphatic heterocycles. The van der Waals surface area contributed by atoms with E-state index in [1.807, 2.05) is 0 Å². The first-order valence-electron chi connectivity index (χ1n) is 10.9. The van der Waals surface area contributed by atoms with Gasteiger partial charge in [0.2, 0.25) is 0 Å². The summed E-state index contributed by atoms with van der Waals surface area (Å²) in [4.78, 5) is 24.6. The number of carbonyl (C=O) groups is 1. The van der Waals surface area contributed by atoms with Gasteiger partial charge in [-0.1, -0.05) is 0 Å². The molecule has 0 saturated carbocycles. The molecule has 1 amide bonds. The summed E-state index contributed by atoms with van der Waals surface area (Å²) in [5.74, 6) is -1.10. The Balaban J connectivity index is 1.60. The Labute approximate surface area is 210 Å². The zero-order valence-electron chi connectivity index (χ0n) is 19.8. The number of alkyl halides is 6. The fourth-order valence-electron chi connectivity index (χ4n) is 3.61. The van der Waals surface area contributed by atoms with Crippen LogP contribution >= 0.6 is 0 Å². The average Bonchev–Trinajstić information content (AvgIpc) is 3.42. The molecular weight excluding hydrogens is 522 g/mol. The minimum absolute atomic E-state index is 0.000497. The molecule has 1 unspecified atom stereocenters. The van der Waals surface area contributed by atoms with Crippen LogP contribution in [-0.4, -0.2) is 51.9 Å². The normalized spacial score (nSPS) is 14.0. The second-order valence-corrected chi connectivity index (χ2v) is 8.68. The number of pyridine rings is 1. The number of anilines is 2. The highest BCUT2D eigenvalue weighted by atomic mass is 19.4. The van der Waals surface area contributed by atoms with E-state index in [4.69, 9.17) is 5.73 Å². The molecule has 38 heavy (non-hydrogen) atoms. The Kier molecular flexibility index (Phi) is 6.55. The number of rotatable bonds is 6. The topological polar surface area (TPSA) is 136 Å². The molecule has 4 heterocycles. The number of aryl methyl sites for hydroxylation is 2. The Morgan fingerprint density at radius 1 is 1.13 bits per heavy atom. The quantitative estimate of drug-likeness (QED) is 0.315. The van der Waals surface area contributed by atoms with E-state index >= 15 is 0 Å². The van der Waals surface area contributed by atoms with Gasteiger partial charge in [0.05, 0.1) is 28.8 Å². The maximum absolute atomic E-state index is 13.6. The van der Waals surface area contributed by atoms with Crippen LogP contribution in [0.1, 0.15) is 35.0 Å². The number of nitrogens with two attached hydrogens (primary N) is 1. The number of imidazole rings is 1. The van der Waals surface area contributed by atoms with Crippen LogP contribution in [0.4, 0.5) is 38.0 Å². The van der Waals surface area contributed by atoms with Gasteiger partial charge in [-0.05, 0) is 26.0 Å². The summed E-state index contributed by atoms with van der Waals surface area (Å²) in [6.07, 6.45) is -5.51. The van der Waals surface area contributed by atoms with Crippen molar-refractivity contribution in [3.05, 3.63) is 54.0 Å². The molecule has 4 aromatic rings. The standard InChI is InChI=1S/C22H20F6N8O2/c1-11-13(19(37)34-16-8-35(10-32-16)4-3-20(2,38)22(26,27)28)5-12(7-30-11)15-6-14(21(23,24)25)17-18(29)31-9-33-36(15)17/h5-10,38H,3-4H2,1-2H3,(H,34,37)(H2,29,31,33). The lowest BCUT2D eigenvalue weighted by Crippen LogP contribution is -2.42. The van der Waals surface area contributed by atoms with Crippen LogP contribution < -0.4 is 11.1 Å². The molecule has 0 fully saturated rings. The fourth-order valence-corrected chi connectivity index (χ4v) is 3.61. The summed E-state index contributed by atoms with van der Waals surface area (Å²) < 4.78 is 81.7. The largest absolute Gasteiger partial charge is 0.418 e. The van der Waals surface area contributed by atoms with Crippen LogP contribution in [0.25, 0.3) is 16.8 Å². The van der Waals surface area contributed by atoms with E-state index in [0.717, 1.165) is 16.9 Å². The van der Waals surface area contributed by atoms with E-state index in [2.05, 4.69) is 25.4 Å². The lowest BCUT2D eigenvalue weighted by Gasteiger charge is -2.26. The maximum atomic E-state index is 13.6. The summed E-state index contributed by atoms with van der Waals surface area (Å²) in [6, 6.07) is 2.14. The number of nitrogens with one attached hydrogen (secondary N) is 1. The van der Waals surface area contributed by atoms with Crippen LogP contribution in [0.15, 0.2) is 37.2 Å². The Hall–Kier alpha value is -4.21. The van der Waals surface area contributed by atoms with Gasteiger partial charge in [-0.2, -0.15) is 31.4 Å². The summed E-state index contributed by atoms with van der Waals surface area (Å²) in [6.45, 7) is 1.93. The lowest BCUT2D eigenvalue weighted by atomic mass is 10.0. The van der Waals surface area contributed by atoms with Gasteiger partial charge in [-0.15, -0.1) is 0 Å². The Morgan fingerprint density at radius 3 is 2.50 bits per heavy atom. The number of aromatic nitrogens is 6. The number of nitrogen functional groups attached to an aromatic ring is 1. The number of nitrogens with zero attached hydrogens (tertiary/aromatic N) is 6. The van der Waals surface area contributed by atoms with Gasteiger partial charge in [0.15, 0.2) is 17.2 Å². The fraction of sp³-hybridized carbons (Fsp3) is 0.318. The highest BCUT2D eigenvalue weighted by Crippen LogP contribution is 2.38. The van der Waals surface area contributed by atoms with Crippen molar-refractivity contribution in [2.45, 2.75) is 44.8 Å². The van der Waals surface area contributed by atoms with Gasteiger partial charge in [0.25, 0.3) is 5.91 Å². The third kappa shape index (κ3) is 5.11. The first kappa shape index (κ1) is 26.8. The van der Waals surface area contributed by atoms with Crippen molar-refractivity contribution in [3.63, 3.8) is 0 Å². The van der Waals surface area contributed by atoms with Crippen molar-refractivity contribution in [3.8, 4) is 11.3 Å². The number of hydrogen-bond acceptors (Lipinski definition) is 7. The number of aliphatic hydroxyl groups is 1. The molecule has 0 aliphatic carbocycles. The summed E-state index contributed by atoms with van der Waals surface area (Å²) in [5, 5.41) is 15.9. The third-order valence-electron chi connectivity index (χ3n) is 5.86. The van der Waals surface area contributed by atoms with Crippen molar-refractivity contribution in [2.24, 2.45) is 0 Å². The van der Waals surface area contributed by atoms with E-state index in [9.17, 15) is 36.2 Å². The second-order valence-electron chi connectivity index (χ2n) is 8.68. The van der Waals surface area contributed by atoms with Gasteiger partial charge in [0.1, 0.15) is 11.8 Å². The number of halogens is 6. The third-order valence-corrected chi connectivity index (χ3v) is 5.86. The molecule has 10 nitrogen and oxygen atoms in total. The van der Waals surface area contributed by atoms with Crippen LogP contribution in [0.5, 0.6) is 0 Å². The highest BCUT2D eigenvalue weighted by molar-refractivity contribution is 6.05. The second kappa shape index (κ2) is 9.27. The molecule has 4 rings (SSSR count). The SMILES string of the molecule is Cc1ncc(-c2cc(C(F)(F)F)c3c(N)ncnn23)cc1C(=O)Nc1cn(CCC(C)(O)C(F)(F)F)cn1. The summed E-state index contributed by atoms with van der Waals surface area (Å²) in [7, 11) is 0. The molecule has 4 N–H and O–H groups in total. The van der Waals surface area contributed by atoms with E-state index < -0.39 is 41.4 Å². The molecule has 0 bridgehead atoms. The van der Waals surface area contributed by atoms with Gasteiger partial charge in [0, 0.05) is 30.9 Å². The molecule has 0 radical (unpaired) electrons. The first-order valence-corrected chi connectivity index (χ1v) is 10.9. The molecule has 0 aromatic carbocycles. The highest BCUT2D eigenvalue weighted by Gasteiger charge is 2.49. The number of hydrogen-bond donors (Lipinski definition) is 3. The first-order chi connectivity index (χ1) is 17.6. The number of fused-ring (bicyclic) bond motifs is 1. The number of carbonyl (C=O) groups excluding carboxylic acids is 1. The predicted octanol–water partition coefficient (Wildman–Crippen LogP) is 3.85. The number of amides is 1. The zero-order chi connectivity index (χ0) is 28.0. The molecule has 4 aromatic heterocycles. The van der Waals surface area contributed by atoms with Crippen molar-refractivity contribution < 1.29 is 36.2 Å². The Morgan fingerprint density at radius 2 is 1.84 bits per heavy atom. The van der Waals surface area contributed by atoms with Crippen LogP contribution in [0.2, 0.25) is 0 Å². The molecule has 0 spiro atoms. The summed E-state index contributed by atoms with van der Waals surface area (Å²) in [5.41, 5.74) is 1.59. The van der Waals surface area contributed by atoms with Crippen LogP contribution in [0.3, 0.4) is 0 Å². The smallest absolute Gasteiger partial charge is 0.382 e. The molecule has 16 heteroatoms. The van der Waals surface area contributed by atoms with Gasteiger partial charge >= 0.3 is 12.4 Å². The van der Waals surface area contributed by atoms with E-state index in [-0.39, 0.29) is 40.7 Å². The molecule has 1 atom stereocenters. The average molecular weight is 542 g/mol. The lowest BCUT2D eigenvalue weighted by molar-refractivity contribution is -0.255. The summed E-state index contributed by atoms with van der Waals surface area (Å²) >= 11 is 0. The Bertz CT molecular complexity index is 1510. The monoisotopic (exact) mass is 542 g/mol. The maximum Gasteiger partial charge on any atom is 0.418 e. The van der Waals surface area contributed by atoms with Gasteiger partial charge < -0.3 is 20.7 Å².